The molecule has 0 atom stereocenters. The van der Waals surface area contributed by atoms with Crippen LogP contribution >= 0.6 is 0 Å². The molecule has 3 aromatic rings. The number of nitrogens with one attached hydrogen (secondary N) is 1. The molecule has 3 aliphatic heterocycles. The fourth-order valence-corrected chi connectivity index (χ4v) is 6.26. The SMILES string of the molecule is O=C(CN1C(=O)C2(CC(Oc3ccc4[nH]ncc4n3)C2)c2c(F)cccc21)N1CCCC12COC2. The highest BCUT2D eigenvalue weighted by Gasteiger charge is 2.61. The van der Waals surface area contributed by atoms with Crippen molar-refractivity contribution in [3.05, 3.63) is 47.9 Å². The highest BCUT2D eigenvalue weighted by atomic mass is 19.1. The molecule has 1 saturated carbocycles. The summed E-state index contributed by atoms with van der Waals surface area (Å²) < 4.78 is 26.5. The van der Waals surface area contributed by atoms with Crippen molar-refractivity contribution in [3.8, 4) is 5.88 Å². The number of hydrogen-bond acceptors (Lipinski definition) is 6. The van der Waals surface area contributed by atoms with Gasteiger partial charge in [0.05, 0.1) is 41.6 Å². The van der Waals surface area contributed by atoms with E-state index in [0.717, 1.165) is 18.4 Å². The number of likely N-dealkylation sites (tertiary alicyclic amines) is 1. The molecule has 2 amide bonds. The second-order valence-corrected chi connectivity index (χ2v) is 10.1. The molecule has 1 aromatic carbocycles. The first-order valence-electron chi connectivity index (χ1n) is 12.0. The molecule has 4 aliphatic rings. The van der Waals surface area contributed by atoms with E-state index in [2.05, 4.69) is 15.2 Å². The monoisotopic (exact) mass is 477 g/mol. The molecule has 35 heavy (non-hydrogen) atoms. The second-order valence-electron chi connectivity index (χ2n) is 10.1. The fourth-order valence-electron chi connectivity index (χ4n) is 6.26. The van der Waals surface area contributed by atoms with Gasteiger partial charge in [-0.2, -0.15) is 5.10 Å². The van der Waals surface area contributed by atoms with Crippen LogP contribution in [0.4, 0.5) is 10.1 Å². The molecule has 1 aliphatic carbocycles. The number of aromatic nitrogens is 3. The van der Waals surface area contributed by atoms with E-state index in [1.54, 1.807) is 24.4 Å². The van der Waals surface area contributed by atoms with Crippen LogP contribution in [0.15, 0.2) is 36.5 Å². The largest absolute Gasteiger partial charge is 0.474 e. The summed E-state index contributed by atoms with van der Waals surface area (Å²) in [6, 6.07) is 8.28. The van der Waals surface area contributed by atoms with Crippen molar-refractivity contribution in [1.82, 2.24) is 20.1 Å². The van der Waals surface area contributed by atoms with E-state index in [1.165, 1.54) is 11.0 Å². The average molecular weight is 477 g/mol. The highest BCUT2D eigenvalue weighted by Crippen LogP contribution is 2.55. The van der Waals surface area contributed by atoms with Crippen molar-refractivity contribution in [1.29, 1.82) is 0 Å². The van der Waals surface area contributed by atoms with Crippen LogP contribution in [0.2, 0.25) is 0 Å². The number of hydrogen-bond donors (Lipinski definition) is 1. The van der Waals surface area contributed by atoms with Crippen molar-refractivity contribution >= 4 is 28.5 Å². The summed E-state index contributed by atoms with van der Waals surface area (Å²) >= 11 is 0. The number of H-pyrrole nitrogens is 1. The van der Waals surface area contributed by atoms with Gasteiger partial charge in [-0.15, -0.1) is 0 Å². The molecule has 3 fully saturated rings. The second kappa shape index (κ2) is 7.24. The lowest BCUT2D eigenvalue weighted by atomic mass is 9.63. The standard InChI is InChI=1S/C25H24FN5O4/c26-16-3-1-4-19-22(16)25(9-15(10-25)35-20-6-5-17-18(28-20)11-27-29-17)23(33)30(19)12-21(32)31-8-2-7-24(31)13-34-14-24/h1,3-6,11,15H,2,7-10,12-14H2,(H,27,29). The van der Waals surface area contributed by atoms with Crippen molar-refractivity contribution in [2.24, 2.45) is 0 Å². The van der Waals surface area contributed by atoms with Crippen molar-refractivity contribution < 1.29 is 23.5 Å². The Bertz CT molecular complexity index is 1360. The molecule has 2 spiro atoms. The Hall–Kier alpha value is -3.53. The number of aromatic amines is 1. The maximum Gasteiger partial charge on any atom is 0.243 e. The lowest BCUT2D eigenvalue weighted by Crippen LogP contribution is -2.62. The Morgan fingerprint density at radius 1 is 1.26 bits per heavy atom. The number of carbonyl (C=O) groups is 2. The van der Waals surface area contributed by atoms with E-state index in [9.17, 15) is 9.59 Å². The molecule has 180 valence electrons. The Kier molecular flexibility index (Phi) is 4.30. The van der Waals surface area contributed by atoms with Crippen LogP contribution < -0.4 is 9.64 Å². The van der Waals surface area contributed by atoms with Crippen LogP contribution in [-0.4, -0.2) is 69.8 Å². The first kappa shape index (κ1) is 20.8. The third-order valence-electron chi connectivity index (χ3n) is 8.06. The van der Waals surface area contributed by atoms with Gasteiger partial charge in [-0.25, -0.2) is 9.37 Å². The maximum atomic E-state index is 15.1. The summed E-state index contributed by atoms with van der Waals surface area (Å²) in [7, 11) is 0. The number of amides is 2. The molecule has 0 radical (unpaired) electrons. The fraction of sp³-hybridized carbons (Fsp3) is 0.440. The van der Waals surface area contributed by atoms with Gasteiger partial charge in [0.1, 0.15) is 24.0 Å². The van der Waals surface area contributed by atoms with Crippen LogP contribution in [0.3, 0.4) is 0 Å². The zero-order valence-electron chi connectivity index (χ0n) is 19.0. The van der Waals surface area contributed by atoms with E-state index < -0.39 is 11.2 Å². The number of benzene rings is 1. The number of fused-ring (bicyclic) bond motifs is 3. The zero-order valence-corrected chi connectivity index (χ0v) is 19.0. The van der Waals surface area contributed by atoms with Gasteiger partial charge in [0, 0.05) is 31.0 Å². The maximum absolute atomic E-state index is 15.1. The summed E-state index contributed by atoms with van der Waals surface area (Å²) in [6.45, 7) is 1.65. The van der Waals surface area contributed by atoms with E-state index >= 15 is 4.39 Å². The number of carbonyl (C=O) groups excluding carboxylic acids is 2. The topological polar surface area (TPSA) is 101 Å². The number of pyridine rings is 1. The van der Waals surface area contributed by atoms with E-state index in [-0.39, 0.29) is 30.0 Å². The molecule has 10 heteroatoms. The Morgan fingerprint density at radius 2 is 2.11 bits per heavy atom. The number of halogens is 1. The summed E-state index contributed by atoms with van der Waals surface area (Å²) in [5.41, 5.74) is 1.09. The first-order chi connectivity index (χ1) is 17.0. The van der Waals surface area contributed by atoms with Gasteiger partial charge in [-0.3, -0.25) is 14.7 Å². The van der Waals surface area contributed by atoms with E-state index in [1.807, 2.05) is 11.0 Å². The van der Waals surface area contributed by atoms with E-state index in [0.29, 0.717) is 55.2 Å². The third kappa shape index (κ3) is 2.89. The van der Waals surface area contributed by atoms with Crippen molar-refractivity contribution in [2.45, 2.75) is 42.7 Å². The number of anilines is 1. The molecule has 0 unspecified atom stereocenters. The lowest BCUT2D eigenvalue weighted by Gasteiger charge is -2.45. The van der Waals surface area contributed by atoms with Crippen LogP contribution in [-0.2, 0) is 19.7 Å². The van der Waals surface area contributed by atoms with Gasteiger partial charge >= 0.3 is 0 Å². The third-order valence-corrected chi connectivity index (χ3v) is 8.06. The molecule has 7 rings (SSSR count). The minimum Gasteiger partial charge on any atom is -0.474 e. The molecule has 2 aromatic heterocycles. The van der Waals surface area contributed by atoms with Gasteiger partial charge in [0.2, 0.25) is 17.7 Å². The van der Waals surface area contributed by atoms with Gasteiger partial charge in [-0.05, 0) is 31.0 Å². The molecular weight excluding hydrogens is 453 g/mol. The Morgan fingerprint density at radius 3 is 2.91 bits per heavy atom. The molecule has 9 nitrogen and oxygen atoms in total. The molecule has 1 N–H and O–H groups in total. The van der Waals surface area contributed by atoms with Gasteiger partial charge in [0.25, 0.3) is 0 Å². The molecule has 5 heterocycles. The van der Waals surface area contributed by atoms with Crippen molar-refractivity contribution in [2.75, 3.05) is 31.2 Å². The van der Waals surface area contributed by atoms with Crippen LogP contribution in [0.5, 0.6) is 5.88 Å². The normalized spacial score (nSPS) is 26.3. The molecular formula is C25H24FN5O4. The number of nitrogens with zero attached hydrogens (tertiary/aromatic N) is 4. The smallest absolute Gasteiger partial charge is 0.243 e. The summed E-state index contributed by atoms with van der Waals surface area (Å²) in [6.07, 6.45) is 3.84. The zero-order chi connectivity index (χ0) is 23.8. The van der Waals surface area contributed by atoms with Crippen molar-refractivity contribution in [3.63, 3.8) is 0 Å². The highest BCUT2D eigenvalue weighted by molar-refractivity contribution is 6.11. The number of rotatable bonds is 4. The van der Waals surface area contributed by atoms with Crippen LogP contribution in [0.25, 0.3) is 11.0 Å². The summed E-state index contributed by atoms with van der Waals surface area (Å²) in [5.74, 6) is -0.336. The molecule has 0 bridgehead atoms. The number of ether oxygens (including phenoxy) is 2. The van der Waals surface area contributed by atoms with Gasteiger partial charge in [-0.1, -0.05) is 6.07 Å². The lowest BCUT2D eigenvalue weighted by molar-refractivity contribution is -0.158. The predicted octanol–water partition coefficient (Wildman–Crippen LogP) is 2.31. The Labute approximate surface area is 200 Å². The predicted molar refractivity (Wildman–Crippen MR) is 122 cm³/mol. The van der Waals surface area contributed by atoms with E-state index in [4.69, 9.17) is 9.47 Å². The van der Waals surface area contributed by atoms with Gasteiger partial charge in [0.15, 0.2) is 0 Å². The molecule has 2 saturated heterocycles. The summed E-state index contributed by atoms with van der Waals surface area (Å²) in [5, 5.41) is 6.81. The van der Waals surface area contributed by atoms with Gasteiger partial charge < -0.3 is 19.3 Å². The summed E-state index contributed by atoms with van der Waals surface area (Å²) in [4.78, 5) is 34.8. The minimum atomic E-state index is -1.02. The quantitative estimate of drug-likeness (QED) is 0.619. The first-order valence-corrected chi connectivity index (χ1v) is 12.0. The average Bonchev–Trinajstić information content (AvgIpc) is 3.50. The van der Waals surface area contributed by atoms with Crippen LogP contribution in [0.1, 0.15) is 31.2 Å². The minimum absolute atomic E-state index is 0.0942. The van der Waals surface area contributed by atoms with Crippen LogP contribution in [0, 0.1) is 5.82 Å². The Balaban J connectivity index is 1.13.